The van der Waals surface area contributed by atoms with Gasteiger partial charge in [0.25, 0.3) is 0 Å². The Balaban J connectivity index is 2.53. The highest BCUT2D eigenvalue weighted by Crippen LogP contribution is 2.29. The Morgan fingerprint density at radius 2 is 1.79 bits per heavy atom. The third kappa shape index (κ3) is 2.82. The van der Waals surface area contributed by atoms with E-state index in [1.54, 1.807) is 12.4 Å². The zero-order valence-electron chi connectivity index (χ0n) is 12.1. The van der Waals surface area contributed by atoms with Gasteiger partial charge in [-0.2, -0.15) is 0 Å². The van der Waals surface area contributed by atoms with Crippen molar-refractivity contribution in [2.24, 2.45) is 5.73 Å². The zero-order chi connectivity index (χ0) is 14.0. The van der Waals surface area contributed by atoms with E-state index in [2.05, 4.69) is 55.9 Å². The quantitative estimate of drug-likeness (QED) is 0.896. The molecule has 0 bridgehead atoms. The SMILES string of the molecule is Cc1cc(C(C)(C)C)ccc1-c1nccnc1CN. The molecular formula is C16H21N3. The summed E-state index contributed by atoms with van der Waals surface area (Å²) in [5.74, 6) is 0. The summed E-state index contributed by atoms with van der Waals surface area (Å²) < 4.78 is 0. The van der Waals surface area contributed by atoms with Gasteiger partial charge in [-0.1, -0.05) is 39.0 Å². The molecule has 19 heavy (non-hydrogen) atoms. The minimum atomic E-state index is 0.155. The van der Waals surface area contributed by atoms with Crippen molar-refractivity contribution in [1.29, 1.82) is 0 Å². The van der Waals surface area contributed by atoms with Crippen LogP contribution in [0.2, 0.25) is 0 Å². The second-order valence-corrected chi connectivity index (χ2v) is 5.84. The smallest absolute Gasteiger partial charge is 0.0933 e. The molecule has 0 saturated heterocycles. The number of benzene rings is 1. The van der Waals surface area contributed by atoms with Crippen molar-refractivity contribution in [2.75, 3.05) is 0 Å². The summed E-state index contributed by atoms with van der Waals surface area (Å²) in [5, 5.41) is 0. The normalized spacial score (nSPS) is 11.6. The lowest BCUT2D eigenvalue weighted by atomic mass is 9.85. The Labute approximate surface area is 114 Å². The third-order valence-corrected chi connectivity index (χ3v) is 3.31. The molecule has 100 valence electrons. The van der Waals surface area contributed by atoms with Crippen LogP contribution >= 0.6 is 0 Å². The van der Waals surface area contributed by atoms with E-state index >= 15 is 0 Å². The summed E-state index contributed by atoms with van der Waals surface area (Å²) >= 11 is 0. The molecule has 0 aliphatic carbocycles. The zero-order valence-corrected chi connectivity index (χ0v) is 12.1. The van der Waals surface area contributed by atoms with Gasteiger partial charge < -0.3 is 5.73 Å². The highest BCUT2D eigenvalue weighted by Gasteiger charge is 2.16. The maximum absolute atomic E-state index is 5.73. The lowest BCUT2D eigenvalue weighted by Crippen LogP contribution is -2.11. The molecule has 0 spiro atoms. The monoisotopic (exact) mass is 255 g/mol. The number of nitrogens with two attached hydrogens (primary N) is 1. The Hall–Kier alpha value is -1.74. The Morgan fingerprint density at radius 1 is 1.11 bits per heavy atom. The summed E-state index contributed by atoms with van der Waals surface area (Å²) in [6.07, 6.45) is 3.40. The standard InChI is InChI=1S/C16H21N3/c1-11-9-12(16(2,3)4)5-6-13(11)15-14(10-17)18-7-8-19-15/h5-9H,10,17H2,1-4H3. The van der Waals surface area contributed by atoms with Gasteiger partial charge in [-0.15, -0.1) is 0 Å². The average Bonchev–Trinajstić information content (AvgIpc) is 2.37. The molecule has 2 rings (SSSR count). The fourth-order valence-electron chi connectivity index (χ4n) is 2.14. The van der Waals surface area contributed by atoms with E-state index < -0.39 is 0 Å². The van der Waals surface area contributed by atoms with Crippen molar-refractivity contribution in [2.45, 2.75) is 39.7 Å². The van der Waals surface area contributed by atoms with Gasteiger partial charge in [-0.05, 0) is 23.5 Å². The number of aryl methyl sites for hydroxylation is 1. The fourth-order valence-corrected chi connectivity index (χ4v) is 2.14. The highest BCUT2D eigenvalue weighted by atomic mass is 14.8. The molecule has 1 heterocycles. The summed E-state index contributed by atoms with van der Waals surface area (Å²) in [6.45, 7) is 9.17. The molecule has 0 fully saturated rings. The molecule has 1 aromatic heterocycles. The number of hydrogen-bond donors (Lipinski definition) is 1. The van der Waals surface area contributed by atoms with Crippen LogP contribution in [0.15, 0.2) is 30.6 Å². The largest absolute Gasteiger partial charge is 0.325 e. The minimum Gasteiger partial charge on any atom is -0.325 e. The van der Waals surface area contributed by atoms with Gasteiger partial charge >= 0.3 is 0 Å². The summed E-state index contributed by atoms with van der Waals surface area (Å²) in [4.78, 5) is 8.73. The first kappa shape index (κ1) is 13.7. The van der Waals surface area contributed by atoms with Gasteiger partial charge in [0.15, 0.2) is 0 Å². The minimum absolute atomic E-state index is 0.155. The molecular weight excluding hydrogens is 234 g/mol. The molecule has 0 atom stereocenters. The van der Waals surface area contributed by atoms with Crippen molar-refractivity contribution in [3.05, 3.63) is 47.4 Å². The molecule has 0 saturated carbocycles. The van der Waals surface area contributed by atoms with Crippen LogP contribution in [0.1, 0.15) is 37.6 Å². The molecule has 0 unspecified atom stereocenters. The van der Waals surface area contributed by atoms with E-state index in [1.807, 2.05) is 0 Å². The van der Waals surface area contributed by atoms with Crippen LogP contribution in [0.25, 0.3) is 11.3 Å². The highest BCUT2D eigenvalue weighted by molar-refractivity contribution is 5.66. The number of rotatable bonds is 2. The maximum atomic E-state index is 5.73. The average molecular weight is 255 g/mol. The topological polar surface area (TPSA) is 51.8 Å². The third-order valence-electron chi connectivity index (χ3n) is 3.31. The lowest BCUT2D eigenvalue weighted by Gasteiger charge is -2.20. The molecule has 1 aromatic carbocycles. The second-order valence-electron chi connectivity index (χ2n) is 5.84. The molecule has 3 nitrogen and oxygen atoms in total. The van der Waals surface area contributed by atoms with Gasteiger partial charge in [0.1, 0.15) is 0 Å². The maximum Gasteiger partial charge on any atom is 0.0933 e. The second kappa shape index (κ2) is 5.10. The molecule has 0 radical (unpaired) electrons. The van der Waals surface area contributed by atoms with Gasteiger partial charge in [0.05, 0.1) is 11.4 Å². The van der Waals surface area contributed by atoms with Crippen LogP contribution < -0.4 is 5.73 Å². The lowest BCUT2D eigenvalue weighted by molar-refractivity contribution is 0.590. The summed E-state index contributed by atoms with van der Waals surface area (Å²) in [5.41, 5.74) is 11.3. The van der Waals surface area contributed by atoms with Crippen LogP contribution in [-0.4, -0.2) is 9.97 Å². The van der Waals surface area contributed by atoms with Crippen LogP contribution in [0.3, 0.4) is 0 Å². The van der Waals surface area contributed by atoms with Gasteiger partial charge in [0, 0.05) is 24.5 Å². The van der Waals surface area contributed by atoms with Crippen LogP contribution in [0, 0.1) is 6.92 Å². The van der Waals surface area contributed by atoms with Crippen molar-refractivity contribution in [3.8, 4) is 11.3 Å². The molecule has 0 aliphatic rings. The van der Waals surface area contributed by atoms with Crippen molar-refractivity contribution in [1.82, 2.24) is 9.97 Å². The van der Waals surface area contributed by atoms with E-state index in [1.165, 1.54) is 11.1 Å². The van der Waals surface area contributed by atoms with E-state index in [9.17, 15) is 0 Å². The first-order valence-electron chi connectivity index (χ1n) is 6.55. The van der Waals surface area contributed by atoms with Crippen LogP contribution in [-0.2, 0) is 12.0 Å². The van der Waals surface area contributed by atoms with E-state index in [-0.39, 0.29) is 5.41 Å². The van der Waals surface area contributed by atoms with Crippen LogP contribution in [0.4, 0.5) is 0 Å². The first-order chi connectivity index (χ1) is 8.93. The summed E-state index contributed by atoms with van der Waals surface area (Å²) in [6, 6.07) is 6.51. The molecule has 0 amide bonds. The predicted octanol–water partition coefficient (Wildman–Crippen LogP) is 3.21. The van der Waals surface area contributed by atoms with E-state index in [4.69, 9.17) is 5.73 Å². The molecule has 0 aliphatic heterocycles. The Kier molecular flexibility index (Phi) is 3.67. The predicted molar refractivity (Wildman–Crippen MR) is 78.8 cm³/mol. The first-order valence-corrected chi connectivity index (χ1v) is 6.55. The van der Waals surface area contributed by atoms with Crippen molar-refractivity contribution in [3.63, 3.8) is 0 Å². The molecule has 3 heteroatoms. The van der Waals surface area contributed by atoms with E-state index in [0.29, 0.717) is 6.54 Å². The summed E-state index contributed by atoms with van der Waals surface area (Å²) in [7, 11) is 0. The fraction of sp³-hybridized carbons (Fsp3) is 0.375. The van der Waals surface area contributed by atoms with E-state index in [0.717, 1.165) is 17.0 Å². The Morgan fingerprint density at radius 3 is 2.37 bits per heavy atom. The molecule has 2 aromatic rings. The van der Waals surface area contributed by atoms with Crippen molar-refractivity contribution >= 4 is 0 Å². The van der Waals surface area contributed by atoms with Gasteiger partial charge in [-0.25, -0.2) is 0 Å². The number of hydrogen-bond acceptors (Lipinski definition) is 3. The van der Waals surface area contributed by atoms with Gasteiger partial charge in [-0.3, -0.25) is 9.97 Å². The van der Waals surface area contributed by atoms with Crippen molar-refractivity contribution < 1.29 is 0 Å². The van der Waals surface area contributed by atoms with Gasteiger partial charge in [0.2, 0.25) is 0 Å². The Bertz CT molecular complexity index is 583. The number of nitrogens with zero attached hydrogens (tertiary/aromatic N) is 2. The van der Waals surface area contributed by atoms with Crippen LogP contribution in [0.5, 0.6) is 0 Å². The molecule has 2 N–H and O–H groups in total. The number of aromatic nitrogens is 2.